The monoisotopic (exact) mass is 282 g/mol. The van der Waals surface area contributed by atoms with Crippen molar-refractivity contribution in [2.24, 2.45) is 0 Å². The zero-order valence-corrected chi connectivity index (χ0v) is 12.4. The van der Waals surface area contributed by atoms with Gasteiger partial charge in [-0.3, -0.25) is 0 Å². The summed E-state index contributed by atoms with van der Waals surface area (Å²) < 4.78 is 0. The van der Waals surface area contributed by atoms with E-state index in [1.807, 2.05) is 42.7 Å². The van der Waals surface area contributed by atoms with Crippen molar-refractivity contribution in [3.05, 3.63) is 42.7 Å². The Morgan fingerprint density at radius 1 is 1.24 bits per heavy atom. The van der Waals surface area contributed by atoms with E-state index >= 15 is 0 Å². The summed E-state index contributed by atoms with van der Waals surface area (Å²) in [6.07, 6.45) is 7.46. The van der Waals surface area contributed by atoms with Gasteiger partial charge in [0.05, 0.1) is 18.1 Å². The van der Waals surface area contributed by atoms with Crippen LogP contribution in [0, 0.1) is 0 Å². The highest BCUT2D eigenvalue weighted by molar-refractivity contribution is 5.55. The lowest BCUT2D eigenvalue weighted by molar-refractivity contribution is 0.523. The first kappa shape index (κ1) is 14.0. The number of hydrogen-bond acceptors (Lipinski definition) is 4. The Bertz CT molecular complexity index is 547. The molecule has 1 aromatic carbocycles. The number of nitrogens with zero attached hydrogens (tertiary/aromatic N) is 2. The molecule has 0 aliphatic carbocycles. The predicted molar refractivity (Wildman–Crippen MR) is 86.2 cm³/mol. The second kappa shape index (κ2) is 6.68. The summed E-state index contributed by atoms with van der Waals surface area (Å²) in [7, 11) is 0. The Hall–Kier alpha value is -1.94. The van der Waals surface area contributed by atoms with E-state index in [1.165, 1.54) is 12.8 Å². The second-order valence-corrected chi connectivity index (χ2v) is 5.74. The minimum atomic E-state index is 0.423. The second-order valence-electron chi connectivity index (χ2n) is 5.74. The molecule has 1 saturated heterocycles. The number of benzene rings is 1. The van der Waals surface area contributed by atoms with Crippen molar-refractivity contribution in [2.45, 2.75) is 38.3 Å². The molecule has 110 valence electrons. The van der Waals surface area contributed by atoms with Crippen molar-refractivity contribution in [2.75, 3.05) is 11.9 Å². The average Bonchev–Trinajstić information content (AvgIpc) is 3.02. The molecule has 2 aromatic rings. The van der Waals surface area contributed by atoms with Gasteiger partial charge < -0.3 is 10.6 Å². The van der Waals surface area contributed by atoms with Crippen molar-refractivity contribution >= 4 is 5.69 Å². The summed E-state index contributed by atoms with van der Waals surface area (Å²) in [6, 6.07) is 11.1. The maximum absolute atomic E-state index is 4.44. The summed E-state index contributed by atoms with van der Waals surface area (Å²) in [4.78, 5) is 8.89. The van der Waals surface area contributed by atoms with Crippen LogP contribution in [-0.4, -0.2) is 28.6 Å². The number of rotatable bonds is 5. The van der Waals surface area contributed by atoms with E-state index in [9.17, 15) is 0 Å². The molecule has 2 N–H and O–H groups in total. The molecule has 21 heavy (non-hydrogen) atoms. The van der Waals surface area contributed by atoms with Gasteiger partial charge in [0.1, 0.15) is 0 Å². The van der Waals surface area contributed by atoms with Gasteiger partial charge in [0.25, 0.3) is 0 Å². The molecular weight excluding hydrogens is 260 g/mol. The van der Waals surface area contributed by atoms with Crippen LogP contribution < -0.4 is 10.6 Å². The Morgan fingerprint density at radius 2 is 2.00 bits per heavy atom. The molecule has 2 unspecified atom stereocenters. The average molecular weight is 282 g/mol. The summed E-state index contributed by atoms with van der Waals surface area (Å²) in [5.41, 5.74) is 2.03. The lowest BCUT2D eigenvalue weighted by atomic mass is 10.1. The van der Waals surface area contributed by atoms with Gasteiger partial charge >= 0.3 is 0 Å². The summed E-state index contributed by atoms with van der Waals surface area (Å²) in [5, 5.41) is 7.02. The van der Waals surface area contributed by atoms with E-state index in [0.29, 0.717) is 12.1 Å². The Labute approximate surface area is 126 Å². The predicted octanol–water partition coefficient (Wildman–Crippen LogP) is 3.09. The Balaban J connectivity index is 1.59. The highest BCUT2D eigenvalue weighted by atomic mass is 15.0. The number of nitrogens with one attached hydrogen (secondary N) is 2. The molecule has 4 nitrogen and oxygen atoms in total. The fourth-order valence-electron chi connectivity index (χ4n) is 2.87. The molecule has 0 spiro atoms. The maximum Gasteiger partial charge on any atom is 0.159 e. The summed E-state index contributed by atoms with van der Waals surface area (Å²) in [6.45, 7) is 3.37. The number of aromatic nitrogens is 2. The number of anilines is 1. The van der Waals surface area contributed by atoms with Gasteiger partial charge in [-0.25, -0.2) is 9.97 Å². The summed E-state index contributed by atoms with van der Waals surface area (Å²) >= 11 is 0. The molecule has 1 fully saturated rings. The van der Waals surface area contributed by atoms with Crippen molar-refractivity contribution in [3.8, 4) is 11.4 Å². The molecule has 1 aromatic heterocycles. The van der Waals surface area contributed by atoms with Crippen LogP contribution in [0.1, 0.15) is 26.2 Å². The molecule has 2 atom stereocenters. The fraction of sp³-hybridized carbons (Fsp3) is 0.412. The van der Waals surface area contributed by atoms with Crippen LogP contribution in [0.25, 0.3) is 11.4 Å². The lowest BCUT2D eigenvalue weighted by Gasteiger charge is -2.19. The van der Waals surface area contributed by atoms with Crippen LogP contribution in [0.5, 0.6) is 0 Å². The Morgan fingerprint density at radius 3 is 2.67 bits per heavy atom. The third-order valence-electron chi connectivity index (χ3n) is 3.90. The summed E-state index contributed by atoms with van der Waals surface area (Å²) in [5.74, 6) is 0.770. The zero-order valence-electron chi connectivity index (χ0n) is 12.4. The molecule has 1 aliphatic heterocycles. The van der Waals surface area contributed by atoms with Crippen molar-refractivity contribution in [3.63, 3.8) is 0 Å². The smallest absolute Gasteiger partial charge is 0.159 e. The molecule has 0 radical (unpaired) electrons. The van der Waals surface area contributed by atoms with Gasteiger partial charge in [-0.1, -0.05) is 30.3 Å². The largest absolute Gasteiger partial charge is 0.380 e. The van der Waals surface area contributed by atoms with E-state index < -0.39 is 0 Å². The van der Waals surface area contributed by atoms with Crippen LogP contribution in [-0.2, 0) is 0 Å². The zero-order chi connectivity index (χ0) is 14.5. The third-order valence-corrected chi connectivity index (χ3v) is 3.90. The van der Waals surface area contributed by atoms with Gasteiger partial charge in [0, 0.05) is 17.6 Å². The van der Waals surface area contributed by atoms with E-state index in [-0.39, 0.29) is 0 Å². The molecule has 4 heteroatoms. The van der Waals surface area contributed by atoms with E-state index in [0.717, 1.165) is 30.0 Å². The van der Waals surface area contributed by atoms with Crippen LogP contribution in [0.3, 0.4) is 0 Å². The first-order valence-corrected chi connectivity index (χ1v) is 7.68. The van der Waals surface area contributed by atoms with E-state index in [4.69, 9.17) is 0 Å². The molecule has 3 rings (SSSR count). The lowest BCUT2D eigenvalue weighted by Crippen LogP contribution is -2.29. The standard InChI is InChI=1S/C17H22N4/c1-13(10-15-8-5-9-18-15)21-16-11-19-17(20-12-16)14-6-3-2-4-7-14/h2-4,6-7,11-13,15,18,21H,5,8-10H2,1H3. The first-order valence-electron chi connectivity index (χ1n) is 7.68. The quantitative estimate of drug-likeness (QED) is 0.885. The van der Waals surface area contributed by atoms with Crippen LogP contribution >= 0.6 is 0 Å². The number of hydrogen-bond donors (Lipinski definition) is 2. The van der Waals surface area contributed by atoms with Gasteiger partial charge in [-0.2, -0.15) is 0 Å². The van der Waals surface area contributed by atoms with Crippen molar-refractivity contribution < 1.29 is 0 Å². The molecule has 0 amide bonds. The van der Waals surface area contributed by atoms with Gasteiger partial charge in [0.15, 0.2) is 5.82 Å². The van der Waals surface area contributed by atoms with Crippen molar-refractivity contribution in [1.82, 2.24) is 15.3 Å². The highest BCUT2D eigenvalue weighted by Crippen LogP contribution is 2.17. The normalized spacial score (nSPS) is 19.4. The molecule has 1 aliphatic rings. The van der Waals surface area contributed by atoms with Crippen LogP contribution in [0.2, 0.25) is 0 Å². The third kappa shape index (κ3) is 3.79. The maximum atomic E-state index is 4.44. The minimum absolute atomic E-state index is 0.423. The minimum Gasteiger partial charge on any atom is -0.380 e. The SMILES string of the molecule is CC(CC1CCCN1)Nc1cnc(-c2ccccc2)nc1. The molecular formula is C17H22N4. The Kier molecular flexibility index (Phi) is 4.46. The van der Waals surface area contributed by atoms with Crippen LogP contribution in [0.15, 0.2) is 42.7 Å². The highest BCUT2D eigenvalue weighted by Gasteiger charge is 2.16. The molecule has 0 saturated carbocycles. The van der Waals surface area contributed by atoms with Gasteiger partial charge in [-0.05, 0) is 32.7 Å². The van der Waals surface area contributed by atoms with Crippen molar-refractivity contribution in [1.29, 1.82) is 0 Å². The molecule has 2 heterocycles. The van der Waals surface area contributed by atoms with Gasteiger partial charge in [-0.15, -0.1) is 0 Å². The van der Waals surface area contributed by atoms with Crippen LogP contribution in [0.4, 0.5) is 5.69 Å². The van der Waals surface area contributed by atoms with E-state index in [2.05, 4.69) is 27.5 Å². The fourth-order valence-corrected chi connectivity index (χ4v) is 2.87. The molecule has 0 bridgehead atoms. The van der Waals surface area contributed by atoms with Gasteiger partial charge in [0.2, 0.25) is 0 Å². The first-order chi connectivity index (χ1) is 10.3. The van der Waals surface area contributed by atoms with E-state index in [1.54, 1.807) is 0 Å². The topological polar surface area (TPSA) is 49.8 Å².